The first-order valence-electron chi connectivity index (χ1n) is 11.6. The number of fused-ring (bicyclic) bond motifs is 2. The Bertz CT molecular complexity index is 1110. The predicted octanol–water partition coefficient (Wildman–Crippen LogP) is 7.22. The number of nitrogens with zero attached hydrogens (tertiary/aromatic N) is 2. The van der Waals surface area contributed by atoms with Gasteiger partial charge in [-0.25, -0.2) is 0 Å². The first-order valence-corrected chi connectivity index (χ1v) is 11.6. The van der Waals surface area contributed by atoms with Gasteiger partial charge in [-0.3, -0.25) is 0 Å². The van der Waals surface area contributed by atoms with Gasteiger partial charge in [0.05, 0.1) is 0 Å². The van der Waals surface area contributed by atoms with Gasteiger partial charge in [-0.15, -0.1) is 0 Å². The summed E-state index contributed by atoms with van der Waals surface area (Å²) in [7, 11) is 0. The summed E-state index contributed by atoms with van der Waals surface area (Å²) < 4.78 is 0. The summed E-state index contributed by atoms with van der Waals surface area (Å²) in [6, 6.07) is 26.7. The molecule has 1 aliphatic rings. The van der Waals surface area contributed by atoms with Gasteiger partial charge in [0, 0.05) is 35.2 Å². The molecule has 31 heavy (non-hydrogen) atoms. The first-order chi connectivity index (χ1) is 15.3. The molecule has 0 spiro atoms. The topological polar surface area (TPSA) is 6.48 Å². The van der Waals surface area contributed by atoms with Gasteiger partial charge in [-0.05, 0) is 34.7 Å². The van der Waals surface area contributed by atoms with Crippen LogP contribution in [0.15, 0.2) is 72.8 Å². The molecule has 2 heteroatoms. The van der Waals surface area contributed by atoms with E-state index in [2.05, 4.69) is 103 Å². The Morgan fingerprint density at radius 2 is 1.06 bits per heavy atom. The minimum Gasteiger partial charge on any atom is -0.339 e. The lowest BCUT2D eigenvalue weighted by molar-refractivity contribution is 0.910. The molecule has 1 fully saturated rings. The van der Waals surface area contributed by atoms with E-state index in [1.165, 1.54) is 44.0 Å². The number of anilines is 2. The number of hydrogen-bond acceptors (Lipinski definition) is 2. The van der Waals surface area contributed by atoms with Gasteiger partial charge in [0.15, 0.2) is 0 Å². The minimum atomic E-state index is 0.958. The van der Waals surface area contributed by atoms with E-state index in [1.54, 1.807) is 0 Å². The zero-order chi connectivity index (χ0) is 21.2. The second-order valence-corrected chi connectivity index (χ2v) is 8.49. The summed E-state index contributed by atoms with van der Waals surface area (Å²) in [5, 5.41) is 5.26. The molecule has 4 aromatic rings. The van der Waals surface area contributed by atoms with Gasteiger partial charge in [0.25, 0.3) is 0 Å². The van der Waals surface area contributed by atoms with Crippen molar-refractivity contribution in [3.05, 3.63) is 90.6 Å². The van der Waals surface area contributed by atoms with Gasteiger partial charge < -0.3 is 9.80 Å². The fraction of sp³-hybridized carbons (Fsp3) is 0.276. The minimum absolute atomic E-state index is 0.958. The number of rotatable bonds is 6. The van der Waals surface area contributed by atoms with Crippen molar-refractivity contribution >= 4 is 32.9 Å². The Kier molecular flexibility index (Phi) is 5.55. The predicted molar refractivity (Wildman–Crippen MR) is 134 cm³/mol. The van der Waals surface area contributed by atoms with Crippen LogP contribution in [0.5, 0.6) is 0 Å². The van der Waals surface area contributed by atoms with Crippen molar-refractivity contribution in [2.24, 2.45) is 0 Å². The Labute approximate surface area is 186 Å². The molecule has 5 rings (SSSR count). The maximum atomic E-state index is 3.77. The van der Waals surface area contributed by atoms with E-state index in [1.807, 2.05) is 0 Å². The van der Waals surface area contributed by atoms with Crippen LogP contribution in [0.3, 0.4) is 0 Å². The van der Waals surface area contributed by atoms with Crippen LogP contribution in [-0.4, -0.2) is 13.1 Å². The first kappa shape index (κ1) is 19.9. The Hall–Kier alpha value is -3.00. The molecule has 0 bridgehead atoms. The molecule has 0 aliphatic carbocycles. The standard InChI is InChI=1S/C29H30N2/c1-3-9-24-17-15-22-11-5-7-13-26(22)28(24)30-19-20-31(21-30)29-25(10-4-2)18-16-23-12-6-8-14-27(23)29/h5-8,11-18H,3-4,9-10,19-20H2,1-2H3. The van der Waals surface area contributed by atoms with Crippen LogP contribution in [-0.2, 0) is 12.8 Å². The third-order valence-corrected chi connectivity index (χ3v) is 6.34. The number of aryl methyl sites for hydroxylation is 2. The van der Waals surface area contributed by atoms with E-state index in [0.717, 1.165) is 38.8 Å². The molecule has 0 N–H and O–H groups in total. The van der Waals surface area contributed by atoms with E-state index in [-0.39, 0.29) is 0 Å². The lowest BCUT2D eigenvalue weighted by atomic mass is 10.00. The highest BCUT2D eigenvalue weighted by molar-refractivity contribution is 5.99. The van der Waals surface area contributed by atoms with Crippen molar-refractivity contribution in [1.82, 2.24) is 0 Å². The van der Waals surface area contributed by atoms with Crippen LogP contribution in [0.2, 0.25) is 0 Å². The Morgan fingerprint density at radius 3 is 1.52 bits per heavy atom. The van der Waals surface area contributed by atoms with Crippen LogP contribution in [0.25, 0.3) is 21.5 Å². The SMILES string of the molecule is CCCc1ccc2ccccc2c1N1[C]N(c2c(CCC)ccc3ccccc23)CC1. The molecule has 2 radical (unpaired) electrons. The average Bonchev–Trinajstić information content (AvgIpc) is 3.28. The van der Waals surface area contributed by atoms with E-state index in [0.29, 0.717) is 0 Å². The zero-order valence-electron chi connectivity index (χ0n) is 18.6. The quantitative estimate of drug-likeness (QED) is 0.333. The van der Waals surface area contributed by atoms with E-state index >= 15 is 0 Å². The summed E-state index contributed by atoms with van der Waals surface area (Å²) >= 11 is 0. The smallest absolute Gasteiger partial charge is 0.208 e. The lowest BCUT2D eigenvalue weighted by Crippen LogP contribution is -2.21. The third-order valence-electron chi connectivity index (χ3n) is 6.34. The highest BCUT2D eigenvalue weighted by atomic mass is 15.4. The van der Waals surface area contributed by atoms with Crippen molar-refractivity contribution in [1.29, 1.82) is 0 Å². The number of benzene rings is 4. The van der Waals surface area contributed by atoms with Crippen molar-refractivity contribution in [3.8, 4) is 0 Å². The summed E-state index contributed by atoms with van der Waals surface area (Å²) in [6.45, 7) is 10.2. The van der Waals surface area contributed by atoms with E-state index in [9.17, 15) is 0 Å². The van der Waals surface area contributed by atoms with Gasteiger partial charge in [0.2, 0.25) is 6.67 Å². The Morgan fingerprint density at radius 1 is 0.613 bits per heavy atom. The maximum absolute atomic E-state index is 3.77. The number of hydrogen-bond donors (Lipinski definition) is 0. The van der Waals surface area contributed by atoms with Crippen LogP contribution in [0.1, 0.15) is 37.8 Å². The largest absolute Gasteiger partial charge is 0.339 e. The second kappa shape index (κ2) is 8.63. The molecule has 1 heterocycles. The molecular formula is C29H30N2. The molecule has 156 valence electrons. The fourth-order valence-corrected chi connectivity index (χ4v) is 4.95. The molecule has 2 nitrogen and oxygen atoms in total. The molecular weight excluding hydrogens is 376 g/mol. The molecule has 0 unspecified atom stereocenters. The molecule has 4 aromatic carbocycles. The van der Waals surface area contributed by atoms with Gasteiger partial charge in [-0.2, -0.15) is 0 Å². The third kappa shape index (κ3) is 3.65. The van der Waals surface area contributed by atoms with Crippen LogP contribution >= 0.6 is 0 Å². The monoisotopic (exact) mass is 406 g/mol. The van der Waals surface area contributed by atoms with Gasteiger partial charge >= 0.3 is 0 Å². The molecule has 0 atom stereocenters. The fourth-order valence-electron chi connectivity index (χ4n) is 4.95. The van der Waals surface area contributed by atoms with Crippen LogP contribution in [0.4, 0.5) is 11.4 Å². The summed E-state index contributed by atoms with van der Waals surface area (Å²) in [4.78, 5) is 4.73. The highest BCUT2D eigenvalue weighted by Crippen LogP contribution is 2.39. The second-order valence-electron chi connectivity index (χ2n) is 8.49. The van der Waals surface area contributed by atoms with Crippen molar-refractivity contribution in [3.63, 3.8) is 0 Å². The highest BCUT2D eigenvalue weighted by Gasteiger charge is 2.28. The molecule has 0 amide bonds. The van der Waals surface area contributed by atoms with Gasteiger partial charge in [0.1, 0.15) is 0 Å². The molecule has 1 saturated heterocycles. The average molecular weight is 407 g/mol. The van der Waals surface area contributed by atoms with Crippen LogP contribution < -0.4 is 9.80 Å². The van der Waals surface area contributed by atoms with Crippen LogP contribution in [0, 0.1) is 6.67 Å². The Balaban J connectivity index is 1.58. The van der Waals surface area contributed by atoms with Crippen molar-refractivity contribution < 1.29 is 0 Å². The van der Waals surface area contributed by atoms with Gasteiger partial charge in [-0.1, -0.05) is 99.5 Å². The van der Waals surface area contributed by atoms with Crippen molar-refractivity contribution in [2.75, 3.05) is 22.9 Å². The summed E-state index contributed by atoms with van der Waals surface area (Å²) in [6.07, 6.45) is 4.47. The maximum Gasteiger partial charge on any atom is 0.208 e. The van der Waals surface area contributed by atoms with E-state index in [4.69, 9.17) is 0 Å². The van der Waals surface area contributed by atoms with Crippen molar-refractivity contribution in [2.45, 2.75) is 39.5 Å². The lowest BCUT2D eigenvalue weighted by Gasteiger charge is -2.25. The zero-order valence-corrected chi connectivity index (χ0v) is 18.6. The summed E-state index contributed by atoms with van der Waals surface area (Å²) in [5.74, 6) is 0. The summed E-state index contributed by atoms with van der Waals surface area (Å²) in [5.41, 5.74) is 5.50. The van der Waals surface area contributed by atoms with E-state index < -0.39 is 0 Å². The normalized spacial score (nSPS) is 14.1. The molecule has 0 saturated carbocycles. The molecule has 0 aromatic heterocycles. The molecule has 1 aliphatic heterocycles.